The predicted octanol–water partition coefficient (Wildman–Crippen LogP) is 4.65. The van der Waals surface area contributed by atoms with Crippen molar-refractivity contribution in [3.63, 3.8) is 0 Å². The second-order valence-electron chi connectivity index (χ2n) is 6.63. The molecule has 0 amide bonds. The molecule has 4 rings (SSSR count). The van der Waals surface area contributed by atoms with Crippen LogP contribution in [0.25, 0.3) is 0 Å². The first-order chi connectivity index (χ1) is 12.9. The van der Waals surface area contributed by atoms with Crippen LogP contribution in [0.3, 0.4) is 0 Å². The summed E-state index contributed by atoms with van der Waals surface area (Å²) in [6.07, 6.45) is 16.8. The summed E-state index contributed by atoms with van der Waals surface area (Å²) in [6, 6.07) is 13.2. The van der Waals surface area contributed by atoms with Gasteiger partial charge in [0.1, 0.15) is 0 Å². The van der Waals surface area contributed by atoms with Crippen LogP contribution in [-0.4, -0.2) is 17.6 Å². The van der Waals surface area contributed by atoms with E-state index in [1.165, 1.54) is 21.7 Å². The van der Waals surface area contributed by atoms with Gasteiger partial charge in [-0.3, -0.25) is 9.71 Å². The molecule has 1 aromatic carbocycles. The SMILES string of the molecule is C1=CCC=CC(SNC2Cc3cnccc3N(Cc3ccccc3)C2)=C1. The summed E-state index contributed by atoms with van der Waals surface area (Å²) in [5, 5.41) is 0. The maximum absolute atomic E-state index is 4.34. The summed E-state index contributed by atoms with van der Waals surface area (Å²) >= 11 is 1.73. The van der Waals surface area contributed by atoms with E-state index in [-0.39, 0.29) is 0 Å². The number of nitrogens with zero attached hydrogens (tertiary/aromatic N) is 2. The van der Waals surface area contributed by atoms with Crippen molar-refractivity contribution in [2.75, 3.05) is 11.4 Å². The first kappa shape index (κ1) is 17.1. The van der Waals surface area contributed by atoms with Gasteiger partial charge in [-0.1, -0.05) is 54.6 Å². The van der Waals surface area contributed by atoms with E-state index >= 15 is 0 Å². The molecule has 1 aliphatic heterocycles. The molecule has 2 aliphatic rings. The summed E-state index contributed by atoms with van der Waals surface area (Å²) in [5.74, 6) is 0. The van der Waals surface area contributed by atoms with Crippen molar-refractivity contribution in [3.8, 4) is 0 Å². The molecule has 26 heavy (non-hydrogen) atoms. The molecule has 0 fully saturated rings. The molecule has 0 saturated carbocycles. The fraction of sp³-hybridized carbons (Fsp3) is 0.227. The van der Waals surface area contributed by atoms with Gasteiger partial charge in [0.2, 0.25) is 0 Å². The van der Waals surface area contributed by atoms with Crippen LogP contribution in [0.4, 0.5) is 5.69 Å². The first-order valence-corrected chi connectivity index (χ1v) is 9.87. The third-order valence-corrected chi connectivity index (χ3v) is 5.60. The number of hydrogen-bond donors (Lipinski definition) is 1. The van der Waals surface area contributed by atoms with Gasteiger partial charge in [-0.2, -0.15) is 0 Å². The number of fused-ring (bicyclic) bond motifs is 1. The maximum Gasteiger partial charge on any atom is 0.0433 e. The van der Waals surface area contributed by atoms with Gasteiger partial charge in [-0.15, -0.1) is 0 Å². The molecule has 1 N–H and O–H groups in total. The monoisotopic (exact) mass is 361 g/mol. The fourth-order valence-corrected chi connectivity index (χ4v) is 4.16. The molecule has 0 radical (unpaired) electrons. The summed E-state index contributed by atoms with van der Waals surface area (Å²) in [5.41, 5.74) is 3.96. The molecule has 0 saturated heterocycles. The van der Waals surface area contributed by atoms with E-state index in [2.05, 4.69) is 81.4 Å². The zero-order valence-corrected chi connectivity index (χ0v) is 15.5. The van der Waals surface area contributed by atoms with Crippen molar-refractivity contribution in [2.45, 2.75) is 25.4 Å². The molecule has 1 aromatic heterocycles. The van der Waals surface area contributed by atoms with E-state index < -0.39 is 0 Å². The zero-order valence-electron chi connectivity index (χ0n) is 14.7. The topological polar surface area (TPSA) is 28.2 Å². The smallest absolute Gasteiger partial charge is 0.0433 e. The number of hydrogen-bond acceptors (Lipinski definition) is 4. The number of allylic oxidation sites excluding steroid dienone is 5. The summed E-state index contributed by atoms with van der Waals surface area (Å²) < 4.78 is 3.67. The highest BCUT2D eigenvalue weighted by atomic mass is 32.2. The Kier molecular flexibility index (Phi) is 5.53. The molecule has 132 valence electrons. The van der Waals surface area contributed by atoms with Crippen LogP contribution >= 0.6 is 11.9 Å². The molecule has 2 aromatic rings. The Morgan fingerprint density at radius 2 is 2.08 bits per heavy atom. The predicted molar refractivity (Wildman–Crippen MR) is 111 cm³/mol. The Hall–Kier alpha value is -2.30. The Morgan fingerprint density at radius 3 is 3.00 bits per heavy atom. The first-order valence-electron chi connectivity index (χ1n) is 9.06. The number of nitrogens with one attached hydrogen (secondary N) is 1. The third-order valence-electron chi connectivity index (χ3n) is 4.64. The Labute approximate surface area is 159 Å². The van der Waals surface area contributed by atoms with Gasteiger partial charge in [-0.05, 0) is 48.1 Å². The van der Waals surface area contributed by atoms with Crippen molar-refractivity contribution in [1.29, 1.82) is 0 Å². The van der Waals surface area contributed by atoms with Crippen LogP contribution in [0, 0.1) is 0 Å². The minimum absolute atomic E-state index is 0.391. The fourth-order valence-electron chi connectivity index (χ4n) is 3.39. The van der Waals surface area contributed by atoms with Crippen LogP contribution < -0.4 is 9.62 Å². The van der Waals surface area contributed by atoms with E-state index in [9.17, 15) is 0 Å². The summed E-state index contributed by atoms with van der Waals surface area (Å²) in [6.45, 7) is 1.91. The average Bonchev–Trinajstić information content (AvgIpc) is 2.96. The molecule has 1 atom stereocenters. The lowest BCUT2D eigenvalue weighted by Gasteiger charge is -2.36. The van der Waals surface area contributed by atoms with E-state index in [1.807, 2.05) is 12.4 Å². The molecule has 1 unspecified atom stereocenters. The highest BCUT2D eigenvalue weighted by molar-refractivity contribution is 8.01. The van der Waals surface area contributed by atoms with Gasteiger partial charge < -0.3 is 4.90 Å². The normalized spacial score (nSPS) is 19.0. The Morgan fingerprint density at radius 1 is 1.15 bits per heavy atom. The third kappa shape index (κ3) is 4.26. The number of anilines is 1. The van der Waals surface area contributed by atoms with Gasteiger partial charge in [0.25, 0.3) is 0 Å². The quantitative estimate of drug-likeness (QED) is 0.785. The Balaban J connectivity index is 1.48. The highest BCUT2D eigenvalue weighted by Gasteiger charge is 2.24. The van der Waals surface area contributed by atoms with Crippen LogP contribution in [0.1, 0.15) is 17.5 Å². The summed E-state index contributed by atoms with van der Waals surface area (Å²) in [4.78, 5) is 8.06. The van der Waals surface area contributed by atoms with Crippen molar-refractivity contribution in [1.82, 2.24) is 9.71 Å². The number of rotatable bonds is 5. The van der Waals surface area contributed by atoms with E-state index in [0.29, 0.717) is 6.04 Å². The van der Waals surface area contributed by atoms with Crippen molar-refractivity contribution < 1.29 is 0 Å². The van der Waals surface area contributed by atoms with Crippen LogP contribution in [-0.2, 0) is 13.0 Å². The summed E-state index contributed by atoms with van der Waals surface area (Å²) in [7, 11) is 0. The number of aromatic nitrogens is 1. The number of pyridine rings is 1. The largest absolute Gasteiger partial charge is 0.365 e. The van der Waals surface area contributed by atoms with Crippen molar-refractivity contribution in [3.05, 3.63) is 95.2 Å². The molecular weight excluding hydrogens is 338 g/mol. The minimum atomic E-state index is 0.391. The van der Waals surface area contributed by atoms with Crippen LogP contribution in [0.15, 0.2) is 84.1 Å². The van der Waals surface area contributed by atoms with Crippen LogP contribution in [0.2, 0.25) is 0 Å². The molecule has 2 heterocycles. The van der Waals surface area contributed by atoms with Crippen molar-refractivity contribution in [2.24, 2.45) is 0 Å². The second kappa shape index (κ2) is 8.39. The van der Waals surface area contributed by atoms with Gasteiger partial charge in [-0.25, -0.2) is 0 Å². The molecule has 3 nitrogen and oxygen atoms in total. The zero-order chi connectivity index (χ0) is 17.6. The van der Waals surface area contributed by atoms with Gasteiger partial charge >= 0.3 is 0 Å². The molecule has 0 bridgehead atoms. The lowest BCUT2D eigenvalue weighted by atomic mass is 10.00. The highest BCUT2D eigenvalue weighted by Crippen LogP contribution is 2.29. The molecule has 1 aliphatic carbocycles. The van der Waals surface area contributed by atoms with Gasteiger partial charge in [0.05, 0.1) is 0 Å². The lowest BCUT2D eigenvalue weighted by molar-refractivity contribution is 0.569. The van der Waals surface area contributed by atoms with E-state index in [0.717, 1.165) is 25.9 Å². The van der Waals surface area contributed by atoms with Gasteiger partial charge in [0, 0.05) is 42.1 Å². The maximum atomic E-state index is 4.34. The number of benzene rings is 1. The molecule has 0 spiro atoms. The van der Waals surface area contributed by atoms with Gasteiger partial charge in [0.15, 0.2) is 0 Å². The lowest BCUT2D eigenvalue weighted by Crippen LogP contribution is -2.43. The standard InChI is InChI=1S/C22H23N3S/c1-2-7-11-21(10-6-1)26-24-20-14-19-15-23-13-12-22(19)25(17-20)16-18-8-4-3-5-9-18/h1,3-13,15,20,24H,2,14,16-17H2. The van der Waals surface area contributed by atoms with E-state index in [4.69, 9.17) is 0 Å². The molecular formula is C22H23N3S. The second-order valence-corrected chi connectivity index (χ2v) is 7.54. The van der Waals surface area contributed by atoms with Crippen molar-refractivity contribution >= 4 is 17.6 Å². The Bertz CT molecular complexity index is 826. The van der Waals surface area contributed by atoms with Crippen LogP contribution in [0.5, 0.6) is 0 Å². The van der Waals surface area contributed by atoms with E-state index in [1.54, 1.807) is 11.9 Å². The minimum Gasteiger partial charge on any atom is -0.365 e. The average molecular weight is 362 g/mol. The molecule has 4 heteroatoms.